The normalized spacial score (nSPS) is 12.3. The van der Waals surface area contributed by atoms with E-state index in [4.69, 9.17) is 28.4 Å². The second kappa shape index (κ2) is 31.2. The van der Waals surface area contributed by atoms with Gasteiger partial charge in [-0.15, -0.1) is 0 Å². The fourth-order valence-electron chi connectivity index (χ4n) is 16.1. The first kappa shape index (κ1) is 74.3. The molecule has 0 atom stereocenters. The van der Waals surface area contributed by atoms with Crippen molar-refractivity contribution >= 4 is 124 Å². The van der Waals surface area contributed by atoms with Crippen LogP contribution in [-0.4, -0.2) is 29.9 Å². The summed E-state index contributed by atoms with van der Waals surface area (Å²) in [6.07, 6.45) is 0. The van der Waals surface area contributed by atoms with E-state index in [9.17, 15) is 9.13 Å². The van der Waals surface area contributed by atoms with Gasteiger partial charge in [0.05, 0.1) is 33.1 Å². The minimum Gasteiger partial charge on any atom is -0.431 e. The number of ether oxygens (including phenoxy) is 6. The molecule has 0 N–H and O–H groups in total. The maximum Gasteiger partial charge on any atom is 0.284 e. The van der Waals surface area contributed by atoms with Crippen LogP contribution in [0.4, 0.5) is 0 Å². The summed E-state index contributed by atoms with van der Waals surface area (Å²) in [5.74, 6) is 5.47. The first-order valence-electron chi connectivity index (χ1n) is 39.7. The van der Waals surface area contributed by atoms with Gasteiger partial charge in [-0.2, -0.15) is 0 Å². The molecule has 3 aromatic heterocycles. The molecule has 0 aliphatic carbocycles. The molecule has 18 heteroatoms. The second-order valence-corrected chi connectivity index (χ2v) is 37.6. The molecule has 0 saturated carbocycles. The SMILES string of the molecule is O=P(c1ccccc1)(c1ccccc1)c1c2ccccc2c(-c2ccc3c(c2)Oc2nc4ccccc4nc2O3)c2ccccc12.O=P(c1ccccc1)(c1ccccc1)c1ccc(-c2ccc3c(c2)Oc2nc4ccccc4nc2O3)cc1.O=P(c1ccccc1)(c1ccccc1)c1cccc(-c2ccc3c(c2)Oc2nc4ccccc4nc2O3)c1. The Balaban J connectivity index is 0.000000113. The number of hydrogen-bond donors (Lipinski definition) is 0. The fourth-order valence-corrected chi connectivity index (χ4v) is 24.5. The van der Waals surface area contributed by atoms with Crippen LogP contribution in [0.2, 0.25) is 0 Å². The van der Waals surface area contributed by atoms with Crippen molar-refractivity contribution in [2.75, 3.05) is 0 Å². The molecule has 3 aliphatic heterocycles. The van der Waals surface area contributed by atoms with Gasteiger partial charge < -0.3 is 42.1 Å². The van der Waals surface area contributed by atoms with Crippen LogP contribution in [0.25, 0.3) is 88.0 Å². The van der Waals surface area contributed by atoms with Crippen molar-refractivity contribution in [2.24, 2.45) is 0 Å². The Morgan fingerprint density at radius 1 is 0.172 bits per heavy atom. The summed E-state index contributed by atoms with van der Waals surface area (Å²) in [5.41, 5.74) is 10.2. The highest BCUT2D eigenvalue weighted by Gasteiger charge is 2.37. The molecule has 582 valence electrons. The molecule has 0 spiro atoms. The molecule has 6 heterocycles. The predicted octanol–water partition coefficient (Wildman–Crippen LogP) is 22.8. The van der Waals surface area contributed by atoms with E-state index in [2.05, 4.69) is 54.2 Å². The maximum atomic E-state index is 15.8. The van der Waals surface area contributed by atoms with E-state index in [1.165, 1.54) is 0 Å². The molecule has 0 amide bonds. The van der Waals surface area contributed by atoms with Crippen molar-refractivity contribution in [1.82, 2.24) is 29.9 Å². The summed E-state index contributed by atoms with van der Waals surface area (Å²) in [7, 11) is -9.43. The summed E-state index contributed by atoms with van der Waals surface area (Å²) in [5, 5.41) is 11.1. The van der Waals surface area contributed by atoms with Gasteiger partial charge in [0.1, 0.15) is 0 Å². The van der Waals surface area contributed by atoms with E-state index >= 15 is 4.57 Å². The quantitative estimate of drug-likeness (QED) is 0.0831. The van der Waals surface area contributed by atoms with Crippen LogP contribution in [0, 0.1) is 0 Å². The van der Waals surface area contributed by atoms with E-state index in [0.29, 0.717) is 69.8 Å². The van der Waals surface area contributed by atoms with Crippen molar-refractivity contribution in [3.8, 4) is 103 Å². The Labute approximate surface area is 701 Å². The van der Waals surface area contributed by atoms with Crippen LogP contribution in [-0.2, 0) is 13.7 Å². The molecule has 15 nitrogen and oxygen atoms in total. The number of hydrogen-bond acceptors (Lipinski definition) is 15. The number of benzene rings is 17. The molecular formula is C104H67N6O9P3. The topological polar surface area (TPSA) is 184 Å². The van der Waals surface area contributed by atoms with Crippen molar-refractivity contribution in [2.45, 2.75) is 0 Å². The minimum absolute atomic E-state index is 0.333. The standard InChI is InChI=1S/C40H25N2O3P.2C32H21N2O3P/c43-46(27-13-3-1-4-14-27,28-15-5-2-6-16-28)38-31-19-9-7-17-29(31)37(30-18-8-10-20-32(30)38)26-23-24-35-36(25-26)45-40-39(44-35)41-33-21-11-12-22-34(33)42-40;35-38(24-11-3-1-4-12-24,25-13-5-2-6-14-25)26-15-9-10-22(20-26)23-18-19-29-30(21-23)37-32-31(36-29)33-27-16-7-8-17-28(27)34-32;35-38(24-9-3-1-4-10-24,25-11-5-2-6-12-25)26-18-15-22(16-19-26)23-17-20-29-30(21-23)37-32-31(36-29)33-27-13-7-8-14-28(27)34-32/h1-25H;2*1-21H. The Bertz CT molecular complexity index is 7450. The second-order valence-electron chi connectivity index (χ2n) is 29.3. The molecule has 0 fully saturated rings. The van der Waals surface area contributed by atoms with Crippen molar-refractivity contribution in [3.05, 3.63) is 406 Å². The lowest BCUT2D eigenvalue weighted by molar-refractivity contribution is 0.339. The Kier molecular flexibility index (Phi) is 19.0. The first-order valence-corrected chi connectivity index (χ1v) is 44.8. The summed E-state index contributed by atoms with van der Waals surface area (Å²) >= 11 is 0. The van der Waals surface area contributed by atoms with Gasteiger partial charge >= 0.3 is 0 Å². The average Bonchev–Trinajstić information content (AvgIpc) is 0.708. The molecule has 0 saturated heterocycles. The van der Waals surface area contributed by atoms with Gasteiger partial charge in [-0.3, -0.25) is 0 Å². The Morgan fingerprint density at radius 3 is 0.754 bits per heavy atom. The lowest BCUT2D eigenvalue weighted by atomic mass is 9.91. The molecule has 17 aromatic carbocycles. The summed E-state index contributed by atoms with van der Waals surface area (Å²) in [6, 6.07) is 131. The summed E-state index contributed by atoms with van der Waals surface area (Å²) in [4.78, 5) is 27.5. The molecular weight excluding hydrogens is 1570 g/mol. The number of fused-ring (bicyclic) bond motifs is 11. The zero-order valence-corrected chi connectivity index (χ0v) is 67.6. The number of aromatic nitrogens is 6. The van der Waals surface area contributed by atoms with Crippen LogP contribution in [0.3, 0.4) is 0 Å². The van der Waals surface area contributed by atoms with E-state index in [-0.39, 0.29) is 0 Å². The third-order valence-corrected chi connectivity index (χ3v) is 31.2. The van der Waals surface area contributed by atoms with E-state index < -0.39 is 21.4 Å². The number of rotatable bonds is 12. The summed E-state index contributed by atoms with van der Waals surface area (Å²) in [6.45, 7) is 0. The van der Waals surface area contributed by atoms with E-state index in [0.717, 1.165) is 136 Å². The van der Waals surface area contributed by atoms with Gasteiger partial charge in [-0.05, 0) is 134 Å². The lowest BCUT2D eigenvalue weighted by Crippen LogP contribution is -2.26. The molecule has 20 aromatic rings. The van der Waals surface area contributed by atoms with Gasteiger partial charge in [0.25, 0.3) is 35.3 Å². The molecule has 0 unspecified atom stereocenters. The van der Waals surface area contributed by atoms with Crippen LogP contribution in [0.1, 0.15) is 0 Å². The molecule has 0 radical (unpaired) electrons. The van der Waals surface area contributed by atoms with Crippen molar-refractivity contribution in [3.63, 3.8) is 0 Å². The zero-order valence-electron chi connectivity index (χ0n) is 64.9. The highest BCUT2D eigenvalue weighted by atomic mass is 31.2. The van der Waals surface area contributed by atoms with Gasteiger partial charge in [-0.25, -0.2) is 29.9 Å². The van der Waals surface area contributed by atoms with Gasteiger partial charge in [-0.1, -0.05) is 328 Å². The number of nitrogens with zero attached hydrogens (tertiary/aromatic N) is 6. The maximum absolute atomic E-state index is 15.8. The zero-order chi connectivity index (χ0) is 81.7. The smallest absolute Gasteiger partial charge is 0.284 e. The monoisotopic (exact) mass is 1640 g/mol. The minimum atomic E-state index is -3.31. The summed E-state index contributed by atoms with van der Waals surface area (Å²) < 4.78 is 82.0. The fraction of sp³-hybridized carbons (Fsp3) is 0. The number of para-hydroxylation sites is 6. The van der Waals surface area contributed by atoms with Crippen molar-refractivity contribution in [1.29, 1.82) is 0 Å². The first-order chi connectivity index (χ1) is 60.0. The lowest BCUT2D eigenvalue weighted by Gasteiger charge is -2.25. The van der Waals surface area contributed by atoms with Crippen LogP contribution >= 0.6 is 21.4 Å². The third kappa shape index (κ3) is 13.5. The highest BCUT2D eigenvalue weighted by Crippen LogP contribution is 2.54. The van der Waals surface area contributed by atoms with Crippen LogP contribution < -0.4 is 76.2 Å². The van der Waals surface area contributed by atoms with Crippen molar-refractivity contribution < 1.29 is 42.1 Å². The van der Waals surface area contributed by atoms with Gasteiger partial charge in [0, 0.05) is 47.7 Å². The largest absolute Gasteiger partial charge is 0.431 e. The molecule has 3 aliphatic rings. The van der Waals surface area contributed by atoms with E-state index in [1.54, 1.807) is 0 Å². The van der Waals surface area contributed by atoms with E-state index in [1.807, 2.05) is 382 Å². The third-order valence-electron chi connectivity index (χ3n) is 21.9. The molecule has 122 heavy (non-hydrogen) atoms. The highest BCUT2D eigenvalue weighted by molar-refractivity contribution is 7.86. The van der Waals surface area contributed by atoms with Gasteiger partial charge in [0.15, 0.2) is 55.9 Å². The average molecular weight is 1640 g/mol. The van der Waals surface area contributed by atoms with Crippen LogP contribution in [0.15, 0.2) is 406 Å². The van der Waals surface area contributed by atoms with Crippen LogP contribution in [0.5, 0.6) is 69.8 Å². The predicted molar refractivity (Wildman–Crippen MR) is 488 cm³/mol. The van der Waals surface area contributed by atoms with Gasteiger partial charge in [0.2, 0.25) is 0 Å². The Morgan fingerprint density at radius 2 is 0.410 bits per heavy atom. The Hall–Kier alpha value is -15.2. The molecule has 23 rings (SSSR count). The molecule has 0 bridgehead atoms.